The molecule has 3 nitrogen and oxygen atoms in total. The van der Waals surface area contributed by atoms with Crippen LogP contribution in [0.25, 0.3) is 16.4 Å². The number of para-hydroxylation sites is 1. The van der Waals surface area contributed by atoms with Gasteiger partial charge in [0.25, 0.3) is 0 Å². The fourth-order valence-corrected chi connectivity index (χ4v) is 4.16. The van der Waals surface area contributed by atoms with E-state index in [0.29, 0.717) is 5.92 Å². The first kappa shape index (κ1) is 20.4. The van der Waals surface area contributed by atoms with E-state index in [0.717, 1.165) is 44.7 Å². The van der Waals surface area contributed by atoms with Crippen LogP contribution in [0.3, 0.4) is 0 Å². The first-order chi connectivity index (χ1) is 13.6. The molecule has 0 N–H and O–H groups in total. The molecule has 148 valence electrons. The van der Waals surface area contributed by atoms with Gasteiger partial charge in [0.05, 0.1) is 11.0 Å². The Hall–Kier alpha value is -2.31. The number of aryl methyl sites for hydroxylation is 2. The van der Waals surface area contributed by atoms with Gasteiger partial charge in [-0.3, -0.25) is 4.40 Å². The van der Waals surface area contributed by atoms with Gasteiger partial charge in [0.2, 0.25) is 0 Å². The van der Waals surface area contributed by atoms with Crippen molar-refractivity contribution < 1.29 is 0 Å². The third-order valence-corrected chi connectivity index (χ3v) is 5.86. The summed E-state index contributed by atoms with van der Waals surface area (Å²) in [5.41, 5.74) is 5.30. The highest BCUT2D eigenvalue weighted by molar-refractivity contribution is 5.93. The highest BCUT2D eigenvalue weighted by Crippen LogP contribution is 2.30. The van der Waals surface area contributed by atoms with E-state index < -0.39 is 0 Å². The highest BCUT2D eigenvalue weighted by Gasteiger charge is 2.17. The average Bonchev–Trinajstić information content (AvgIpc) is 3.04. The van der Waals surface area contributed by atoms with Crippen molar-refractivity contribution in [3.63, 3.8) is 0 Å². The minimum Gasteiger partial charge on any atom is -0.303 e. The predicted octanol–water partition coefficient (Wildman–Crippen LogP) is 5.41. The zero-order valence-corrected chi connectivity index (χ0v) is 17.8. The van der Waals surface area contributed by atoms with Gasteiger partial charge in [-0.2, -0.15) is 0 Å². The minimum absolute atomic E-state index is 0.710. The molecule has 0 amide bonds. The summed E-state index contributed by atoms with van der Waals surface area (Å²) in [5, 5.41) is 1.36. The van der Waals surface area contributed by atoms with Crippen LogP contribution in [-0.4, -0.2) is 33.9 Å². The second-order valence-electron chi connectivity index (χ2n) is 8.04. The Morgan fingerprint density at radius 2 is 2.00 bits per heavy atom. The van der Waals surface area contributed by atoms with E-state index in [9.17, 15) is 0 Å². The third kappa shape index (κ3) is 4.23. The van der Waals surface area contributed by atoms with Crippen molar-refractivity contribution in [2.24, 2.45) is 5.92 Å². The van der Waals surface area contributed by atoms with Crippen molar-refractivity contribution in [2.45, 2.75) is 53.4 Å². The molecule has 3 rings (SSSR count). The number of aromatic nitrogens is 2. The Balaban J connectivity index is 1.93. The molecule has 0 saturated carbocycles. The summed E-state index contributed by atoms with van der Waals surface area (Å²) in [7, 11) is 0. The summed E-state index contributed by atoms with van der Waals surface area (Å²) in [6.07, 6.45) is 11.7. The SMILES string of the molecule is C#CCCCN(CCc1c2ccccc2n2c(C)ncc(C)c12)CC(C)CC. The lowest BCUT2D eigenvalue weighted by Gasteiger charge is -2.25. The van der Waals surface area contributed by atoms with Gasteiger partial charge < -0.3 is 4.90 Å². The van der Waals surface area contributed by atoms with Gasteiger partial charge in [-0.1, -0.05) is 38.5 Å². The Morgan fingerprint density at radius 1 is 1.21 bits per heavy atom. The summed E-state index contributed by atoms with van der Waals surface area (Å²) in [6.45, 7) is 12.2. The lowest BCUT2D eigenvalue weighted by atomic mass is 10.0. The number of fused-ring (bicyclic) bond motifs is 3. The normalized spacial score (nSPS) is 12.7. The minimum atomic E-state index is 0.710. The second-order valence-corrected chi connectivity index (χ2v) is 8.04. The molecule has 0 saturated heterocycles. The van der Waals surface area contributed by atoms with E-state index >= 15 is 0 Å². The van der Waals surface area contributed by atoms with Crippen LogP contribution in [-0.2, 0) is 6.42 Å². The zero-order valence-electron chi connectivity index (χ0n) is 17.8. The molecule has 0 fully saturated rings. The van der Waals surface area contributed by atoms with E-state index in [4.69, 9.17) is 6.42 Å². The van der Waals surface area contributed by atoms with Gasteiger partial charge in [-0.15, -0.1) is 12.3 Å². The van der Waals surface area contributed by atoms with Crippen LogP contribution in [0.5, 0.6) is 0 Å². The Bertz CT molecular complexity index is 977. The molecule has 0 spiro atoms. The Kier molecular flexibility index (Phi) is 6.75. The van der Waals surface area contributed by atoms with Gasteiger partial charge in [-0.05, 0) is 56.3 Å². The van der Waals surface area contributed by atoms with Crippen molar-refractivity contribution in [3.8, 4) is 12.3 Å². The predicted molar refractivity (Wildman–Crippen MR) is 120 cm³/mol. The molecule has 2 heterocycles. The van der Waals surface area contributed by atoms with Crippen molar-refractivity contribution in [3.05, 3.63) is 47.4 Å². The summed E-state index contributed by atoms with van der Waals surface area (Å²) in [6, 6.07) is 8.74. The zero-order chi connectivity index (χ0) is 20.1. The van der Waals surface area contributed by atoms with Crippen LogP contribution < -0.4 is 0 Å². The van der Waals surface area contributed by atoms with E-state index in [1.54, 1.807) is 0 Å². The van der Waals surface area contributed by atoms with E-state index in [1.807, 2.05) is 6.20 Å². The van der Waals surface area contributed by atoms with E-state index in [2.05, 4.69) is 72.2 Å². The summed E-state index contributed by atoms with van der Waals surface area (Å²) >= 11 is 0. The topological polar surface area (TPSA) is 20.5 Å². The Labute approximate surface area is 169 Å². The van der Waals surface area contributed by atoms with Crippen molar-refractivity contribution >= 4 is 16.4 Å². The Morgan fingerprint density at radius 3 is 2.75 bits per heavy atom. The van der Waals surface area contributed by atoms with E-state index in [-0.39, 0.29) is 0 Å². The summed E-state index contributed by atoms with van der Waals surface area (Å²) in [5.74, 6) is 4.54. The fourth-order valence-electron chi connectivity index (χ4n) is 4.16. The lowest BCUT2D eigenvalue weighted by molar-refractivity contribution is 0.236. The molecule has 3 aromatic rings. The molecule has 0 aliphatic rings. The maximum atomic E-state index is 5.47. The highest BCUT2D eigenvalue weighted by atomic mass is 15.1. The van der Waals surface area contributed by atoms with E-state index in [1.165, 1.54) is 34.0 Å². The molecule has 3 heteroatoms. The monoisotopic (exact) mass is 375 g/mol. The maximum absolute atomic E-state index is 5.47. The number of unbranched alkanes of at least 4 members (excludes halogenated alkanes) is 1. The lowest BCUT2D eigenvalue weighted by Crippen LogP contribution is -2.31. The molecule has 1 atom stereocenters. The number of rotatable bonds is 9. The molecular formula is C25H33N3. The van der Waals surface area contributed by atoms with Gasteiger partial charge in [0.15, 0.2) is 0 Å². The summed E-state index contributed by atoms with van der Waals surface area (Å²) in [4.78, 5) is 7.20. The van der Waals surface area contributed by atoms with Crippen LogP contribution in [0.2, 0.25) is 0 Å². The van der Waals surface area contributed by atoms with Crippen LogP contribution in [0.4, 0.5) is 0 Å². The van der Waals surface area contributed by atoms with Gasteiger partial charge in [0.1, 0.15) is 5.82 Å². The number of benzene rings is 1. The molecule has 0 aliphatic carbocycles. The standard InChI is InChI=1S/C25H33N3/c1-6-8-11-15-27(18-19(3)7-2)16-14-23-22-12-9-10-13-24(22)28-21(5)26-17-20(4)25(23)28/h1,9-10,12-13,17,19H,7-8,11,14-16,18H2,2-5H3. The quantitative estimate of drug-likeness (QED) is 0.368. The molecule has 0 radical (unpaired) electrons. The number of hydrogen-bond acceptors (Lipinski definition) is 2. The number of hydrogen-bond donors (Lipinski definition) is 0. The van der Waals surface area contributed by atoms with Crippen LogP contribution >= 0.6 is 0 Å². The molecule has 2 aromatic heterocycles. The van der Waals surface area contributed by atoms with Crippen LogP contribution in [0.1, 0.15) is 50.1 Å². The molecule has 28 heavy (non-hydrogen) atoms. The van der Waals surface area contributed by atoms with Gasteiger partial charge >= 0.3 is 0 Å². The number of nitrogens with zero attached hydrogens (tertiary/aromatic N) is 3. The smallest absolute Gasteiger partial charge is 0.110 e. The van der Waals surface area contributed by atoms with Gasteiger partial charge in [-0.25, -0.2) is 4.98 Å². The first-order valence-corrected chi connectivity index (χ1v) is 10.6. The molecule has 1 unspecified atom stereocenters. The van der Waals surface area contributed by atoms with Crippen LogP contribution in [0.15, 0.2) is 30.5 Å². The number of terminal acetylenes is 1. The van der Waals surface area contributed by atoms with Crippen molar-refractivity contribution in [2.75, 3.05) is 19.6 Å². The summed E-state index contributed by atoms with van der Waals surface area (Å²) < 4.78 is 2.33. The van der Waals surface area contributed by atoms with Crippen LogP contribution in [0, 0.1) is 32.1 Å². The molecule has 0 bridgehead atoms. The largest absolute Gasteiger partial charge is 0.303 e. The van der Waals surface area contributed by atoms with Crippen molar-refractivity contribution in [1.29, 1.82) is 0 Å². The third-order valence-electron chi connectivity index (χ3n) is 5.86. The van der Waals surface area contributed by atoms with Crippen molar-refractivity contribution in [1.82, 2.24) is 14.3 Å². The second kappa shape index (κ2) is 9.26. The first-order valence-electron chi connectivity index (χ1n) is 10.6. The molecule has 1 aromatic carbocycles. The van der Waals surface area contributed by atoms with Gasteiger partial charge in [0, 0.05) is 31.1 Å². The molecular weight excluding hydrogens is 342 g/mol. The molecule has 0 aliphatic heterocycles. The average molecular weight is 376 g/mol. The fraction of sp³-hybridized carbons (Fsp3) is 0.480. The maximum Gasteiger partial charge on any atom is 0.110 e.